The van der Waals surface area contributed by atoms with Crippen LogP contribution in [0.25, 0.3) is 0 Å². The molecule has 0 saturated carbocycles. The highest BCUT2D eigenvalue weighted by Gasteiger charge is 2.21. The molecule has 0 spiro atoms. The predicted octanol–water partition coefficient (Wildman–Crippen LogP) is -0.0533. The van der Waals surface area contributed by atoms with Crippen molar-refractivity contribution < 1.29 is 23.0 Å². The molecule has 0 amide bonds. The quantitative estimate of drug-likeness (QED) is 0.479. The number of nitrogens with one attached hydrogen (secondary N) is 1. The SMILES string of the molecule is COc1cc(OC)c(S(=O)(=O)NCCCO)cc1N. The highest BCUT2D eigenvalue weighted by atomic mass is 32.2. The molecule has 0 radical (unpaired) electrons. The zero-order valence-corrected chi connectivity index (χ0v) is 11.7. The zero-order chi connectivity index (χ0) is 14.5. The maximum Gasteiger partial charge on any atom is 0.244 e. The van der Waals surface area contributed by atoms with Crippen LogP contribution in [0.2, 0.25) is 0 Å². The number of nitrogens with two attached hydrogens (primary N) is 1. The van der Waals surface area contributed by atoms with Crippen molar-refractivity contribution in [1.82, 2.24) is 4.72 Å². The van der Waals surface area contributed by atoms with Crippen LogP contribution in [0.5, 0.6) is 11.5 Å². The Morgan fingerprint density at radius 1 is 1.26 bits per heavy atom. The summed E-state index contributed by atoms with van der Waals surface area (Å²) in [5.41, 5.74) is 5.89. The molecule has 0 aromatic heterocycles. The first kappa shape index (κ1) is 15.5. The van der Waals surface area contributed by atoms with Gasteiger partial charge in [-0.3, -0.25) is 0 Å². The van der Waals surface area contributed by atoms with Crippen molar-refractivity contribution in [3.8, 4) is 11.5 Å². The summed E-state index contributed by atoms with van der Waals surface area (Å²) >= 11 is 0. The first-order valence-corrected chi connectivity index (χ1v) is 7.06. The van der Waals surface area contributed by atoms with Crippen LogP contribution < -0.4 is 19.9 Å². The molecule has 7 nitrogen and oxygen atoms in total. The Morgan fingerprint density at radius 3 is 2.42 bits per heavy atom. The molecule has 0 aliphatic heterocycles. The largest absolute Gasteiger partial charge is 0.495 e. The monoisotopic (exact) mass is 290 g/mol. The number of sulfonamides is 1. The third kappa shape index (κ3) is 3.72. The van der Waals surface area contributed by atoms with Gasteiger partial charge in [-0.25, -0.2) is 13.1 Å². The molecule has 8 heteroatoms. The van der Waals surface area contributed by atoms with Gasteiger partial charge in [0.15, 0.2) is 0 Å². The van der Waals surface area contributed by atoms with Gasteiger partial charge in [0.25, 0.3) is 0 Å². The summed E-state index contributed by atoms with van der Waals surface area (Å²) in [5.74, 6) is 0.480. The molecular weight excluding hydrogens is 272 g/mol. The number of hydrogen-bond acceptors (Lipinski definition) is 6. The van der Waals surface area contributed by atoms with Crippen molar-refractivity contribution >= 4 is 15.7 Å². The van der Waals surface area contributed by atoms with Gasteiger partial charge in [-0.2, -0.15) is 0 Å². The van der Waals surface area contributed by atoms with Crippen molar-refractivity contribution in [2.75, 3.05) is 33.1 Å². The summed E-state index contributed by atoms with van der Waals surface area (Å²) in [4.78, 5) is -0.0637. The molecule has 108 valence electrons. The normalized spacial score (nSPS) is 11.3. The lowest BCUT2D eigenvalue weighted by molar-refractivity contribution is 0.289. The van der Waals surface area contributed by atoms with Crippen molar-refractivity contribution in [1.29, 1.82) is 0 Å². The summed E-state index contributed by atoms with van der Waals surface area (Å²) in [6, 6.07) is 2.69. The number of hydrogen-bond donors (Lipinski definition) is 3. The average Bonchev–Trinajstić information content (AvgIpc) is 2.38. The lowest BCUT2D eigenvalue weighted by Gasteiger charge is -2.13. The highest BCUT2D eigenvalue weighted by molar-refractivity contribution is 7.89. The minimum absolute atomic E-state index is 0.0637. The average molecular weight is 290 g/mol. The lowest BCUT2D eigenvalue weighted by atomic mass is 10.3. The van der Waals surface area contributed by atoms with Crippen LogP contribution >= 0.6 is 0 Å². The molecule has 0 bridgehead atoms. The Balaban J connectivity index is 3.14. The molecule has 4 N–H and O–H groups in total. The second-order valence-electron chi connectivity index (χ2n) is 3.72. The van der Waals surface area contributed by atoms with Gasteiger partial charge in [0, 0.05) is 19.2 Å². The molecule has 0 heterocycles. The molecule has 0 fully saturated rings. The van der Waals surface area contributed by atoms with Crippen LogP contribution in [-0.4, -0.2) is 40.9 Å². The Hall–Kier alpha value is -1.51. The van der Waals surface area contributed by atoms with E-state index in [0.717, 1.165) is 0 Å². The van der Waals surface area contributed by atoms with Crippen LogP contribution in [0.3, 0.4) is 0 Å². The van der Waals surface area contributed by atoms with Crippen LogP contribution in [0.4, 0.5) is 5.69 Å². The lowest BCUT2D eigenvalue weighted by Crippen LogP contribution is -2.26. The molecule has 0 aliphatic rings. The fraction of sp³-hybridized carbons (Fsp3) is 0.455. The summed E-state index contributed by atoms with van der Waals surface area (Å²) < 4.78 is 36.5. The van der Waals surface area contributed by atoms with E-state index < -0.39 is 10.0 Å². The number of nitrogen functional groups attached to an aromatic ring is 1. The Kier molecular flexibility index (Phi) is 5.40. The minimum Gasteiger partial charge on any atom is -0.495 e. The molecule has 1 rings (SSSR count). The molecule has 0 saturated heterocycles. The molecule has 0 atom stereocenters. The van der Waals surface area contributed by atoms with E-state index in [9.17, 15) is 8.42 Å². The zero-order valence-electron chi connectivity index (χ0n) is 10.8. The van der Waals surface area contributed by atoms with Gasteiger partial charge in [0.05, 0.1) is 19.9 Å². The smallest absolute Gasteiger partial charge is 0.244 e. The summed E-state index contributed by atoms with van der Waals surface area (Å²) in [6.45, 7) is 0.0400. The highest BCUT2D eigenvalue weighted by Crippen LogP contribution is 2.33. The molecule has 19 heavy (non-hydrogen) atoms. The van der Waals surface area contributed by atoms with E-state index in [1.54, 1.807) is 0 Å². The summed E-state index contributed by atoms with van der Waals surface area (Å²) in [6.07, 6.45) is 0.327. The number of anilines is 1. The Bertz CT molecular complexity index is 530. The summed E-state index contributed by atoms with van der Waals surface area (Å²) in [5, 5.41) is 8.65. The van der Waals surface area contributed by atoms with Crippen LogP contribution in [0.15, 0.2) is 17.0 Å². The molecule has 1 aromatic carbocycles. The molecule has 1 aromatic rings. The maximum atomic E-state index is 12.1. The van der Waals surface area contributed by atoms with Gasteiger partial charge < -0.3 is 20.3 Å². The number of rotatable bonds is 7. The van der Waals surface area contributed by atoms with Gasteiger partial charge in [0.2, 0.25) is 10.0 Å². The number of ether oxygens (including phenoxy) is 2. The minimum atomic E-state index is -3.74. The van der Waals surface area contributed by atoms with E-state index in [4.69, 9.17) is 20.3 Å². The van der Waals surface area contributed by atoms with Gasteiger partial charge in [0.1, 0.15) is 16.4 Å². The van der Waals surface area contributed by atoms with E-state index in [0.29, 0.717) is 12.2 Å². The molecule has 0 unspecified atom stereocenters. The van der Waals surface area contributed by atoms with Crippen LogP contribution in [0, 0.1) is 0 Å². The predicted molar refractivity (Wildman–Crippen MR) is 70.8 cm³/mol. The number of aliphatic hydroxyl groups excluding tert-OH is 1. The first-order valence-electron chi connectivity index (χ1n) is 5.58. The number of aliphatic hydroxyl groups is 1. The molecular formula is C11H18N2O5S. The van der Waals surface area contributed by atoms with Gasteiger partial charge in [-0.15, -0.1) is 0 Å². The second kappa shape index (κ2) is 6.60. The van der Waals surface area contributed by atoms with E-state index in [1.165, 1.54) is 26.4 Å². The van der Waals surface area contributed by atoms with Crippen molar-refractivity contribution in [2.45, 2.75) is 11.3 Å². The van der Waals surface area contributed by atoms with Crippen LogP contribution in [0.1, 0.15) is 6.42 Å². The Morgan fingerprint density at radius 2 is 1.89 bits per heavy atom. The molecule has 0 aliphatic carbocycles. The summed E-state index contributed by atoms with van der Waals surface area (Å²) in [7, 11) is -0.956. The van der Waals surface area contributed by atoms with Gasteiger partial charge in [-0.1, -0.05) is 0 Å². The first-order chi connectivity index (χ1) is 8.96. The number of benzene rings is 1. The third-order valence-electron chi connectivity index (χ3n) is 2.43. The van der Waals surface area contributed by atoms with E-state index in [1.807, 2.05) is 0 Å². The third-order valence-corrected chi connectivity index (χ3v) is 3.91. The fourth-order valence-corrected chi connectivity index (χ4v) is 2.72. The standard InChI is InChI=1S/C11H18N2O5S/c1-17-9-7-10(18-2)11(6-8(9)12)19(15,16)13-4-3-5-14/h6-7,13-14H,3-5,12H2,1-2H3. The second-order valence-corrected chi connectivity index (χ2v) is 5.46. The fourth-order valence-electron chi connectivity index (χ4n) is 1.47. The van der Waals surface area contributed by atoms with Crippen molar-refractivity contribution in [2.24, 2.45) is 0 Å². The van der Waals surface area contributed by atoms with E-state index >= 15 is 0 Å². The van der Waals surface area contributed by atoms with E-state index in [2.05, 4.69) is 4.72 Å². The van der Waals surface area contributed by atoms with Gasteiger partial charge >= 0.3 is 0 Å². The van der Waals surface area contributed by atoms with Gasteiger partial charge in [-0.05, 0) is 12.5 Å². The van der Waals surface area contributed by atoms with Crippen molar-refractivity contribution in [3.05, 3.63) is 12.1 Å². The number of methoxy groups -OCH3 is 2. The Labute approximate surface area is 112 Å². The topological polar surface area (TPSA) is 111 Å². The van der Waals surface area contributed by atoms with Crippen LogP contribution in [-0.2, 0) is 10.0 Å². The maximum absolute atomic E-state index is 12.1. The van der Waals surface area contributed by atoms with Crippen molar-refractivity contribution in [3.63, 3.8) is 0 Å². The van der Waals surface area contributed by atoms with E-state index in [-0.39, 0.29) is 29.5 Å².